The Labute approximate surface area is 222 Å². The van der Waals surface area contributed by atoms with Gasteiger partial charge in [0.15, 0.2) is 0 Å². The van der Waals surface area contributed by atoms with E-state index in [1.54, 1.807) is 0 Å². The predicted octanol–water partition coefficient (Wildman–Crippen LogP) is 4.50. The van der Waals surface area contributed by atoms with Crippen molar-refractivity contribution < 1.29 is 14.3 Å². The second-order valence-electron chi connectivity index (χ2n) is 10.0. The maximum absolute atomic E-state index is 11.9. The molecule has 1 aliphatic rings. The highest BCUT2D eigenvalue weighted by Gasteiger charge is 2.32. The van der Waals surface area contributed by atoms with Gasteiger partial charge < -0.3 is 30.0 Å². The Morgan fingerprint density at radius 1 is 1.13 bits per heavy atom. The number of hydrogen-bond donors (Lipinski definition) is 2. The third-order valence-electron chi connectivity index (χ3n) is 6.94. The lowest BCUT2D eigenvalue weighted by atomic mass is 9.80. The van der Waals surface area contributed by atoms with Crippen LogP contribution in [0.2, 0.25) is 0 Å². The van der Waals surface area contributed by atoms with Crippen molar-refractivity contribution in [3.05, 3.63) is 72.7 Å². The Morgan fingerprint density at radius 3 is 2.74 bits per heavy atom. The van der Waals surface area contributed by atoms with E-state index in [1.165, 1.54) is 6.33 Å². The SMILES string of the molecule is CN(C)CCOC(=O)NCC1CC(n2cc(-c3cccc(OCc4ccccc4)c3)c3c(N)ncnc32)C1. The first-order valence-corrected chi connectivity index (χ1v) is 12.9. The highest BCUT2D eigenvalue weighted by atomic mass is 16.5. The molecule has 2 aromatic carbocycles. The Hall–Kier alpha value is -4.11. The summed E-state index contributed by atoms with van der Waals surface area (Å²) in [5.74, 6) is 1.63. The fraction of sp³-hybridized carbons (Fsp3) is 0.345. The molecule has 1 saturated carbocycles. The number of aromatic nitrogens is 3. The van der Waals surface area contributed by atoms with E-state index in [-0.39, 0.29) is 12.1 Å². The number of likely N-dealkylation sites (N-methyl/N-ethyl adjacent to an activating group) is 1. The van der Waals surface area contributed by atoms with Crippen LogP contribution in [0.3, 0.4) is 0 Å². The van der Waals surface area contributed by atoms with Crippen molar-refractivity contribution in [3.63, 3.8) is 0 Å². The molecule has 0 atom stereocenters. The van der Waals surface area contributed by atoms with Crippen molar-refractivity contribution in [1.82, 2.24) is 24.8 Å². The zero-order valence-corrected chi connectivity index (χ0v) is 21.8. The number of nitrogen functional groups attached to an aromatic ring is 1. The van der Waals surface area contributed by atoms with Crippen molar-refractivity contribution in [2.75, 3.05) is 39.5 Å². The molecular formula is C29H34N6O3. The molecule has 0 saturated heterocycles. The van der Waals surface area contributed by atoms with Gasteiger partial charge >= 0.3 is 6.09 Å². The van der Waals surface area contributed by atoms with Crippen LogP contribution in [0.15, 0.2) is 67.1 Å². The number of carbonyl (C=O) groups is 1. The van der Waals surface area contributed by atoms with Crippen molar-refractivity contribution in [2.45, 2.75) is 25.5 Å². The number of alkyl carbamates (subject to hydrolysis) is 1. The number of anilines is 1. The number of nitrogens with one attached hydrogen (secondary N) is 1. The summed E-state index contributed by atoms with van der Waals surface area (Å²) in [5, 5.41) is 3.74. The van der Waals surface area contributed by atoms with E-state index < -0.39 is 0 Å². The van der Waals surface area contributed by atoms with Gasteiger partial charge in [0.2, 0.25) is 0 Å². The highest BCUT2D eigenvalue weighted by molar-refractivity contribution is 6.00. The maximum Gasteiger partial charge on any atom is 0.407 e. The topological polar surface area (TPSA) is 108 Å². The van der Waals surface area contributed by atoms with Gasteiger partial charge in [-0.25, -0.2) is 14.8 Å². The Balaban J connectivity index is 1.27. The monoisotopic (exact) mass is 514 g/mol. The predicted molar refractivity (Wildman–Crippen MR) is 148 cm³/mol. The second kappa shape index (κ2) is 11.5. The minimum atomic E-state index is -0.362. The molecule has 0 unspecified atom stereocenters. The highest BCUT2D eigenvalue weighted by Crippen LogP contribution is 2.43. The Morgan fingerprint density at radius 2 is 1.95 bits per heavy atom. The van der Waals surface area contributed by atoms with Crippen LogP contribution < -0.4 is 15.8 Å². The van der Waals surface area contributed by atoms with Crippen LogP contribution in [0.4, 0.5) is 10.6 Å². The molecular weight excluding hydrogens is 480 g/mol. The van der Waals surface area contributed by atoms with Crippen LogP contribution in [0, 0.1) is 5.92 Å². The molecule has 38 heavy (non-hydrogen) atoms. The van der Waals surface area contributed by atoms with E-state index in [4.69, 9.17) is 15.2 Å². The average molecular weight is 515 g/mol. The van der Waals surface area contributed by atoms with Gasteiger partial charge in [-0.2, -0.15) is 0 Å². The zero-order chi connectivity index (χ0) is 26.5. The molecule has 198 valence electrons. The minimum Gasteiger partial charge on any atom is -0.489 e. The van der Waals surface area contributed by atoms with E-state index in [2.05, 4.69) is 32.1 Å². The molecule has 1 fully saturated rings. The number of amides is 1. The van der Waals surface area contributed by atoms with Gasteiger partial charge in [0, 0.05) is 30.9 Å². The molecule has 0 radical (unpaired) electrons. The number of nitrogens with zero attached hydrogens (tertiary/aromatic N) is 4. The van der Waals surface area contributed by atoms with Crippen molar-refractivity contribution in [2.24, 2.45) is 5.92 Å². The molecule has 4 aromatic rings. The molecule has 2 heterocycles. The fourth-order valence-corrected chi connectivity index (χ4v) is 4.79. The summed E-state index contributed by atoms with van der Waals surface area (Å²) in [6.45, 7) is 2.18. The zero-order valence-electron chi connectivity index (χ0n) is 21.8. The number of benzene rings is 2. The number of hydrogen-bond acceptors (Lipinski definition) is 7. The maximum atomic E-state index is 11.9. The second-order valence-corrected chi connectivity index (χ2v) is 10.0. The molecule has 2 aromatic heterocycles. The summed E-state index contributed by atoms with van der Waals surface area (Å²) >= 11 is 0. The molecule has 5 rings (SSSR count). The van der Waals surface area contributed by atoms with E-state index in [0.29, 0.717) is 38.0 Å². The third kappa shape index (κ3) is 5.89. The third-order valence-corrected chi connectivity index (χ3v) is 6.94. The molecule has 9 heteroatoms. The lowest BCUT2D eigenvalue weighted by Crippen LogP contribution is -2.37. The molecule has 1 aliphatic carbocycles. The number of rotatable bonds is 10. The molecule has 0 bridgehead atoms. The lowest BCUT2D eigenvalue weighted by Gasteiger charge is -2.36. The van der Waals surface area contributed by atoms with Crippen LogP contribution in [0.1, 0.15) is 24.4 Å². The van der Waals surface area contributed by atoms with Crippen molar-refractivity contribution >= 4 is 22.9 Å². The minimum absolute atomic E-state index is 0.273. The fourth-order valence-electron chi connectivity index (χ4n) is 4.79. The quantitative estimate of drug-likeness (QED) is 0.321. The summed E-state index contributed by atoms with van der Waals surface area (Å²) in [7, 11) is 3.89. The summed E-state index contributed by atoms with van der Waals surface area (Å²) in [6.07, 6.45) is 5.14. The molecule has 3 N–H and O–H groups in total. The van der Waals surface area contributed by atoms with Crippen LogP contribution in [0.5, 0.6) is 5.75 Å². The van der Waals surface area contributed by atoms with Gasteiger partial charge in [0.05, 0.1) is 5.39 Å². The first-order chi connectivity index (χ1) is 18.5. The van der Waals surface area contributed by atoms with Crippen molar-refractivity contribution in [1.29, 1.82) is 0 Å². The van der Waals surface area contributed by atoms with Crippen molar-refractivity contribution in [3.8, 4) is 16.9 Å². The van der Waals surface area contributed by atoms with Crippen LogP contribution in [0.25, 0.3) is 22.2 Å². The summed E-state index contributed by atoms with van der Waals surface area (Å²) < 4.78 is 13.5. The van der Waals surface area contributed by atoms with Gasteiger partial charge in [-0.1, -0.05) is 42.5 Å². The lowest BCUT2D eigenvalue weighted by molar-refractivity contribution is 0.128. The molecule has 0 spiro atoms. The largest absolute Gasteiger partial charge is 0.489 e. The van der Waals surface area contributed by atoms with Gasteiger partial charge in [0.1, 0.15) is 36.8 Å². The van der Waals surface area contributed by atoms with Gasteiger partial charge in [-0.15, -0.1) is 0 Å². The summed E-state index contributed by atoms with van der Waals surface area (Å²) in [5.41, 5.74) is 10.3. The number of carbonyl (C=O) groups excluding carboxylic acids is 1. The molecule has 0 aliphatic heterocycles. The first-order valence-electron chi connectivity index (χ1n) is 12.9. The van der Waals surface area contributed by atoms with E-state index >= 15 is 0 Å². The van der Waals surface area contributed by atoms with E-state index in [0.717, 1.165) is 46.3 Å². The van der Waals surface area contributed by atoms with Gasteiger partial charge in [-0.3, -0.25) is 0 Å². The molecule has 9 nitrogen and oxygen atoms in total. The Bertz CT molecular complexity index is 1380. The summed E-state index contributed by atoms with van der Waals surface area (Å²) in [6, 6.07) is 18.4. The first kappa shape index (κ1) is 25.5. The van der Waals surface area contributed by atoms with E-state index in [9.17, 15) is 4.79 Å². The number of fused-ring (bicyclic) bond motifs is 1. The van der Waals surface area contributed by atoms with Crippen LogP contribution in [-0.2, 0) is 11.3 Å². The van der Waals surface area contributed by atoms with Crippen LogP contribution >= 0.6 is 0 Å². The standard InChI is InChI=1S/C29H34N6O3/c1-34(2)11-12-37-29(36)31-16-21-13-23(14-21)35-17-25(26-27(30)32-19-33-28(26)35)22-9-6-10-24(15-22)38-18-20-7-4-3-5-8-20/h3-10,15,17,19,21,23H,11-14,16,18H2,1-2H3,(H,31,36)(H2,30,32,33). The van der Waals surface area contributed by atoms with Gasteiger partial charge in [-0.05, 0) is 56.1 Å². The van der Waals surface area contributed by atoms with E-state index in [1.807, 2.05) is 67.5 Å². The average Bonchev–Trinajstić information content (AvgIpc) is 3.28. The molecule has 1 amide bonds. The smallest absolute Gasteiger partial charge is 0.407 e. The van der Waals surface area contributed by atoms with Gasteiger partial charge in [0.25, 0.3) is 0 Å². The Kier molecular flexibility index (Phi) is 7.74. The summed E-state index contributed by atoms with van der Waals surface area (Å²) in [4.78, 5) is 22.8. The number of ether oxygens (including phenoxy) is 2. The normalized spacial score (nSPS) is 16.8. The van der Waals surface area contributed by atoms with Crippen LogP contribution in [-0.4, -0.2) is 59.3 Å². The number of nitrogens with two attached hydrogens (primary N) is 1.